The quantitative estimate of drug-likeness (QED) is 0.532. The Morgan fingerprint density at radius 2 is 1.83 bits per heavy atom. The number of rotatable bonds is 1. The lowest BCUT2D eigenvalue weighted by atomic mass is 9.89. The Balaban J connectivity index is 2.45. The van der Waals surface area contributed by atoms with Crippen LogP contribution in [-0.4, -0.2) is 5.92 Å². The van der Waals surface area contributed by atoms with E-state index in [0.717, 1.165) is 6.42 Å². The van der Waals surface area contributed by atoms with Crippen LogP contribution in [0.3, 0.4) is 0 Å². The molecule has 0 heterocycles. The monoisotopic (exact) mass is 176 g/mol. The Bertz CT molecular complexity index is 141. The predicted octanol–water partition coefficient (Wildman–Crippen LogP) is 3.86. The Hall–Kier alpha value is -0.140. The molecule has 12 heavy (non-hydrogen) atoms. The van der Waals surface area contributed by atoms with Crippen molar-refractivity contribution in [3.05, 3.63) is 0 Å². The fraction of sp³-hybridized carbons (Fsp3) is 1.00. The molecule has 0 radical (unpaired) electrons. The SMILES string of the molecule is CC(C)[C@@H]1CCCC(F)(F)CC1. The third-order valence-electron chi connectivity index (χ3n) is 2.94. The molecule has 1 aliphatic carbocycles. The zero-order valence-electron chi connectivity index (χ0n) is 7.95. The molecule has 0 spiro atoms. The summed E-state index contributed by atoms with van der Waals surface area (Å²) >= 11 is 0. The van der Waals surface area contributed by atoms with E-state index in [0.29, 0.717) is 24.7 Å². The molecule has 1 fully saturated rings. The van der Waals surface area contributed by atoms with E-state index in [-0.39, 0.29) is 12.8 Å². The number of hydrogen-bond donors (Lipinski definition) is 0. The van der Waals surface area contributed by atoms with Gasteiger partial charge in [0, 0.05) is 12.8 Å². The maximum absolute atomic E-state index is 12.9. The minimum Gasteiger partial charge on any atom is -0.207 e. The summed E-state index contributed by atoms with van der Waals surface area (Å²) < 4.78 is 25.8. The average molecular weight is 176 g/mol. The normalized spacial score (nSPS) is 30.2. The van der Waals surface area contributed by atoms with Crippen LogP contribution in [0.15, 0.2) is 0 Å². The van der Waals surface area contributed by atoms with Crippen LogP contribution >= 0.6 is 0 Å². The molecule has 2 heteroatoms. The number of alkyl halides is 2. The maximum Gasteiger partial charge on any atom is 0.248 e. The summed E-state index contributed by atoms with van der Waals surface area (Å²) in [6.07, 6.45) is 2.62. The molecule has 1 rings (SSSR count). The Morgan fingerprint density at radius 1 is 1.17 bits per heavy atom. The van der Waals surface area contributed by atoms with E-state index in [1.54, 1.807) is 0 Å². The van der Waals surface area contributed by atoms with Gasteiger partial charge in [0.05, 0.1) is 0 Å². The molecule has 0 nitrogen and oxygen atoms in total. The van der Waals surface area contributed by atoms with Crippen molar-refractivity contribution in [2.45, 2.75) is 51.9 Å². The first-order chi connectivity index (χ1) is 5.51. The van der Waals surface area contributed by atoms with Crippen molar-refractivity contribution < 1.29 is 8.78 Å². The molecular formula is C10H18F2. The van der Waals surface area contributed by atoms with Crippen LogP contribution in [0, 0.1) is 11.8 Å². The van der Waals surface area contributed by atoms with Crippen LogP contribution < -0.4 is 0 Å². The fourth-order valence-corrected chi connectivity index (χ4v) is 1.96. The molecule has 0 aromatic heterocycles. The van der Waals surface area contributed by atoms with Crippen LogP contribution in [0.2, 0.25) is 0 Å². The van der Waals surface area contributed by atoms with Crippen molar-refractivity contribution in [2.24, 2.45) is 11.8 Å². The summed E-state index contributed by atoms with van der Waals surface area (Å²) in [5.74, 6) is -1.28. The van der Waals surface area contributed by atoms with E-state index in [1.807, 2.05) is 0 Å². The first-order valence-electron chi connectivity index (χ1n) is 4.89. The van der Waals surface area contributed by atoms with Crippen LogP contribution in [0.25, 0.3) is 0 Å². The molecule has 0 aromatic carbocycles. The van der Waals surface area contributed by atoms with Gasteiger partial charge in [-0.2, -0.15) is 0 Å². The lowest BCUT2D eigenvalue weighted by Crippen LogP contribution is -2.14. The smallest absolute Gasteiger partial charge is 0.207 e. The van der Waals surface area contributed by atoms with Crippen LogP contribution in [0.5, 0.6) is 0 Å². The number of halogens is 2. The summed E-state index contributed by atoms with van der Waals surface area (Å²) in [4.78, 5) is 0. The molecule has 0 unspecified atom stereocenters. The van der Waals surface area contributed by atoms with Crippen molar-refractivity contribution in [2.75, 3.05) is 0 Å². The van der Waals surface area contributed by atoms with Gasteiger partial charge in [0.2, 0.25) is 5.92 Å². The van der Waals surface area contributed by atoms with Crippen LogP contribution in [-0.2, 0) is 0 Å². The summed E-state index contributed by atoms with van der Waals surface area (Å²) in [6, 6.07) is 0. The highest BCUT2D eigenvalue weighted by Crippen LogP contribution is 2.36. The van der Waals surface area contributed by atoms with Crippen LogP contribution in [0.1, 0.15) is 46.0 Å². The molecule has 0 bridgehead atoms. The summed E-state index contributed by atoms with van der Waals surface area (Å²) in [5.41, 5.74) is 0. The Kier molecular flexibility index (Phi) is 3.08. The topological polar surface area (TPSA) is 0 Å². The van der Waals surface area contributed by atoms with E-state index in [2.05, 4.69) is 13.8 Å². The second-order valence-corrected chi connectivity index (χ2v) is 4.29. The van der Waals surface area contributed by atoms with Crippen LogP contribution in [0.4, 0.5) is 8.78 Å². The van der Waals surface area contributed by atoms with Crippen molar-refractivity contribution in [1.29, 1.82) is 0 Å². The van der Waals surface area contributed by atoms with Gasteiger partial charge >= 0.3 is 0 Å². The molecule has 0 saturated heterocycles. The van der Waals surface area contributed by atoms with Gasteiger partial charge in [0.15, 0.2) is 0 Å². The molecule has 0 N–H and O–H groups in total. The second-order valence-electron chi connectivity index (χ2n) is 4.29. The largest absolute Gasteiger partial charge is 0.248 e. The highest BCUT2D eigenvalue weighted by atomic mass is 19.3. The predicted molar refractivity (Wildman–Crippen MR) is 46.4 cm³/mol. The standard InChI is InChI=1S/C10H18F2/c1-8(2)9-4-3-6-10(11,12)7-5-9/h8-9H,3-7H2,1-2H3/t9-/m1/s1. The molecular weight excluding hydrogens is 158 g/mol. The van der Waals surface area contributed by atoms with Gasteiger partial charge in [-0.25, -0.2) is 8.78 Å². The Labute approximate surface area is 73.3 Å². The molecule has 1 saturated carbocycles. The Morgan fingerprint density at radius 3 is 2.42 bits per heavy atom. The second kappa shape index (κ2) is 3.71. The van der Waals surface area contributed by atoms with Gasteiger partial charge in [0.25, 0.3) is 0 Å². The summed E-state index contributed by atoms with van der Waals surface area (Å²) in [6.45, 7) is 4.27. The highest BCUT2D eigenvalue weighted by Gasteiger charge is 2.32. The van der Waals surface area contributed by atoms with Gasteiger partial charge in [-0.05, 0) is 31.1 Å². The van der Waals surface area contributed by atoms with E-state index >= 15 is 0 Å². The lowest BCUT2D eigenvalue weighted by molar-refractivity contribution is -0.0152. The van der Waals surface area contributed by atoms with Crippen molar-refractivity contribution in [1.82, 2.24) is 0 Å². The van der Waals surface area contributed by atoms with Crippen molar-refractivity contribution in [3.63, 3.8) is 0 Å². The van der Waals surface area contributed by atoms with E-state index in [4.69, 9.17) is 0 Å². The fourth-order valence-electron chi connectivity index (χ4n) is 1.96. The minimum absolute atomic E-state index is 0.107. The van der Waals surface area contributed by atoms with Gasteiger partial charge in [0.1, 0.15) is 0 Å². The highest BCUT2D eigenvalue weighted by molar-refractivity contribution is 4.76. The first-order valence-corrected chi connectivity index (χ1v) is 4.89. The zero-order valence-corrected chi connectivity index (χ0v) is 7.95. The molecule has 0 amide bonds. The van der Waals surface area contributed by atoms with E-state index < -0.39 is 5.92 Å². The molecule has 1 atom stereocenters. The van der Waals surface area contributed by atoms with Gasteiger partial charge in [-0.3, -0.25) is 0 Å². The lowest BCUT2D eigenvalue weighted by Gasteiger charge is -2.18. The molecule has 1 aliphatic rings. The summed E-state index contributed by atoms with van der Waals surface area (Å²) in [7, 11) is 0. The molecule has 0 aliphatic heterocycles. The summed E-state index contributed by atoms with van der Waals surface area (Å²) in [5, 5.41) is 0. The number of hydrogen-bond acceptors (Lipinski definition) is 0. The van der Waals surface area contributed by atoms with Crippen molar-refractivity contribution >= 4 is 0 Å². The van der Waals surface area contributed by atoms with Gasteiger partial charge in [-0.15, -0.1) is 0 Å². The third-order valence-corrected chi connectivity index (χ3v) is 2.94. The van der Waals surface area contributed by atoms with Crippen molar-refractivity contribution in [3.8, 4) is 0 Å². The van der Waals surface area contributed by atoms with Gasteiger partial charge < -0.3 is 0 Å². The third kappa shape index (κ3) is 2.72. The maximum atomic E-state index is 12.9. The molecule has 0 aromatic rings. The zero-order chi connectivity index (χ0) is 9.19. The van der Waals surface area contributed by atoms with E-state index in [9.17, 15) is 8.78 Å². The van der Waals surface area contributed by atoms with Gasteiger partial charge in [-0.1, -0.05) is 13.8 Å². The molecule has 72 valence electrons. The minimum atomic E-state index is -2.37. The first kappa shape index (κ1) is 9.94. The average Bonchev–Trinajstić information content (AvgIpc) is 2.10. The van der Waals surface area contributed by atoms with E-state index in [1.165, 1.54) is 0 Å².